The lowest BCUT2D eigenvalue weighted by molar-refractivity contribution is -0.133. The van der Waals surface area contributed by atoms with Gasteiger partial charge >= 0.3 is 5.69 Å². The van der Waals surface area contributed by atoms with Gasteiger partial charge in [-0.15, -0.1) is 0 Å². The number of rotatable bonds is 6. The molecule has 0 atom stereocenters. The number of carbonyl (C=O) groups excluding carboxylic acids is 2. The molecule has 2 N–H and O–H groups in total. The van der Waals surface area contributed by atoms with Gasteiger partial charge in [0.15, 0.2) is 0 Å². The number of hydrogen-bond donors (Lipinski definition) is 2. The molecule has 0 radical (unpaired) electrons. The number of thioether (sulfide) groups is 1. The number of H-pyrrole nitrogens is 1. The van der Waals surface area contributed by atoms with Crippen molar-refractivity contribution in [3.63, 3.8) is 0 Å². The number of fused-ring (bicyclic) bond motifs is 2. The number of piperazine rings is 1. The fraction of sp³-hybridized carbons (Fsp3) is 0.417. The summed E-state index contributed by atoms with van der Waals surface area (Å²) in [5, 5.41) is 3.45. The Balaban J connectivity index is 1.17. The van der Waals surface area contributed by atoms with E-state index < -0.39 is 17.2 Å². The van der Waals surface area contributed by atoms with E-state index in [1.807, 2.05) is 29.2 Å². The molecule has 5 rings (SSSR count). The van der Waals surface area contributed by atoms with E-state index in [1.54, 1.807) is 23.8 Å². The van der Waals surface area contributed by atoms with Crippen LogP contribution in [-0.4, -0.2) is 81.8 Å². The standard InChI is InChI=1S/C24H27N7O5S/c1-36-22-15-4-2-3-5-17(15)26-23(28-22)30-9-7-29(8-10-30)20(33)12-25-19(32)13-31-18-6-11-37-14-16(18)21(34)27-24(31)35/h2-5H,6-14H2,1H3,(H,25,32)(H,27,34,35). The molecule has 0 bridgehead atoms. The minimum absolute atomic E-state index is 0.171. The lowest BCUT2D eigenvalue weighted by Gasteiger charge is -2.35. The lowest BCUT2D eigenvalue weighted by Crippen LogP contribution is -2.52. The van der Waals surface area contributed by atoms with E-state index in [1.165, 1.54) is 4.57 Å². The van der Waals surface area contributed by atoms with Crippen LogP contribution < -0.4 is 26.2 Å². The number of para-hydroxylation sites is 1. The van der Waals surface area contributed by atoms with Crippen molar-refractivity contribution in [1.82, 2.24) is 29.7 Å². The van der Waals surface area contributed by atoms with Crippen molar-refractivity contribution in [2.45, 2.75) is 18.7 Å². The predicted molar refractivity (Wildman–Crippen MR) is 139 cm³/mol. The number of aromatic nitrogens is 4. The van der Waals surface area contributed by atoms with Crippen LogP contribution >= 0.6 is 11.8 Å². The molecule has 2 amide bonds. The Hall–Kier alpha value is -3.87. The van der Waals surface area contributed by atoms with Crippen molar-refractivity contribution in [2.75, 3.05) is 50.5 Å². The summed E-state index contributed by atoms with van der Waals surface area (Å²) in [5.41, 5.74) is 0.905. The normalized spacial score (nSPS) is 15.4. The van der Waals surface area contributed by atoms with Crippen LogP contribution in [0.2, 0.25) is 0 Å². The number of nitrogens with one attached hydrogen (secondary N) is 2. The minimum Gasteiger partial charge on any atom is -0.480 e. The van der Waals surface area contributed by atoms with Crippen molar-refractivity contribution in [1.29, 1.82) is 0 Å². The zero-order valence-corrected chi connectivity index (χ0v) is 21.2. The van der Waals surface area contributed by atoms with Gasteiger partial charge in [-0.25, -0.2) is 9.78 Å². The molecule has 1 saturated heterocycles. The second kappa shape index (κ2) is 10.6. The van der Waals surface area contributed by atoms with Crippen molar-refractivity contribution in [2.24, 2.45) is 0 Å². The van der Waals surface area contributed by atoms with Gasteiger partial charge in [0.05, 0.1) is 24.6 Å². The Kier molecular flexibility index (Phi) is 7.12. The average Bonchev–Trinajstić information content (AvgIpc) is 2.93. The number of ether oxygens (including phenoxy) is 1. The highest BCUT2D eigenvalue weighted by molar-refractivity contribution is 7.98. The molecular weight excluding hydrogens is 498 g/mol. The van der Waals surface area contributed by atoms with E-state index in [2.05, 4.69) is 20.3 Å². The minimum atomic E-state index is -0.610. The third-order valence-corrected chi connectivity index (χ3v) is 7.53. The highest BCUT2D eigenvalue weighted by atomic mass is 32.2. The summed E-state index contributed by atoms with van der Waals surface area (Å²) >= 11 is 1.61. The Bertz CT molecular complexity index is 1460. The molecule has 1 aromatic carbocycles. The van der Waals surface area contributed by atoms with E-state index in [0.29, 0.717) is 61.4 Å². The van der Waals surface area contributed by atoms with Crippen LogP contribution in [0.4, 0.5) is 5.95 Å². The first-order valence-electron chi connectivity index (χ1n) is 12.0. The smallest absolute Gasteiger partial charge is 0.329 e. The fourth-order valence-electron chi connectivity index (χ4n) is 4.58. The zero-order valence-electron chi connectivity index (χ0n) is 20.4. The van der Waals surface area contributed by atoms with E-state index in [4.69, 9.17) is 4.74 Å². The van der Waals surface area contributed by atoms with Crippen LogP contribution in [-0.2, 0) is 28.3 Å². The van der Waals surface area contributed by atoms with Gasteiger partial charge in [-0.05, 0) is 24.3 Å². The predicted octanol–water partition coefficient (Wildman–Crippen LogP) is -0.257. The fourth-order valence-corrected chi connectivity index (χ4v) is 5.56. The first kappa shape index (κ1) is 24.8. The van der Waals surface area contributed by atoms with Crippen molar-refractivity contribution < 1.29 is 14.3 Å². The van der Waals surface area contributed by atoms with Crippen LogP contribution in [0, 0.1) is 0 Å². The highest BCUT2D eigenvalue weighted by Crippen LogP contribution is 2.25. The highest BCUT2D eigenvalue weighted by Gasteiger charge is 2.25. The van der Waals surface area contributed by atoms with Crippen molar-refractivity contribution in [3.8, 4) is 5.88 Å². The Morgan fingerprint density at radius 3 is 2.70 bits per heavy atom. The number of benzene rings is 1. The quantitative estimate of drug-likeness (QED) is 0.445. The average molecular weight is 526 g/mol. The van der Waals surface area contributed by atoms with E-state index in [0.717, 1.165) is 16.7 Å². The number of hydrogen-bond acceptors (Lipinski definition) is 9. The molecule has 2 aliphatic rings. The molecule has 12 nitrogen and oxygen atoms in total. The second-order valence-corrected chi connectivity index (χ2v) is 9.87. The lowest BCUT2D eigenvalue weighted by atomic mass is 10.2. The summed E-state index contributed by atoms with van der Waals surface area (Å²) in [5.74, 6) is 1.66. The molecule has 0 unspecified atom stereocenters. The molecule has 0 spiro atoms. The summed E-state index contributed by atoms with van der Waals surface area (Å²) in [6.07, 6.45) is 0.544. The monoisotopic (exact) mass is 525 g/mol. The van der Waals surface area contributed by atoms with Crippen LogP contribution in [0.3, 0.4) is 0 Å². The summed E-state index contributed by atoms with van der Waals surface area (Å²) < 4.78 is 6.74. The maximum absolute atomic E-state index is 12.7. The molecule has 2 aliphatic heterocycles. The van der Waals surface area contributed by atoms with Gasteiger partial charge in [-0.3, -0.25) is 23.9 Å². The third kappa shape index (κ3) is 5.17. The molecule has 4 heterocycles. The number of methoxy groups -OCH3 is 1. The Morgan fingerprint density at radius 1 is 1.14 bits per heavy atom. The van der Waals surface area contributed by atoms with Crippen LogP contribution in [0.25, 0.3) is 10.9 Å². The Morgan fingerprint density at radius 2 is 1.92 bits per heavy atom. The van der Waals surface area contributed by atoms with Crippen LogP contribution in [0.5, 0.6) is 5.88 Å². The number of anilines is 1. The second-order valence-electron chi connectivity index (χ2n) is 8.77. The SMILES string of the molecule is COc1nc(N2CCN(C(=O)CNC(=O)Cn3c4c(c(=O)[nH]c3=O)CSCC4)CC2)nc2ccccc12. The number of carbonyl (C=O) groups is 2. The van der Waals surface area contributed by atoms with Gasteiger partial charge in [0.2, 0.25) is 23.6 Å². The van der Waals surface area contributed by atoms with Crippen LogP contribution in [0.15, 0.2) is 33.9 Å². The van der Waals surface area contributed by atoms with Crippen molar-refractivity contribution in [3.05, 3.63) is 56.4 Å². The summed E-state index contributed by atoms with van der Waals surface area (Å²) in [7, 11) is 1.57. The third-order valence-electron chi connectivity index (χ3n) is 6.55. The molecule has 0 aliphatic carbocycles. The van der Waals surface area contributed by atoms with Gasteiger partial charge in [-0.2, -0.15) is 16.7 Å². The molecule has 0 saturated carbocycles. The zero-order chi connectivity index (χ0) is 25.9. The molecular formula is C24H27N7O5S. The van der Waals surface area contributed by atoms with Gasteiger partial charge < -0.3 is 19.9 Å². The van der Waals surface area contributed by atoms with Gasteiger partial charge in [0, 0.05) is 43.2 Å². The summed E-state index contributed by atoms with van der Waals surface area (Å²) in [6.45, 7) is 1.58. The largest absolute Gasteiger partial charge is 0.480 e. The van der Waals surface area contributed by atoms with Gasteiger partial charge in [0.25, 0.3) is 5.56 Å². The number of nitrogens with zero attached hydrogens (tertiary/aromatic N) is 5. The van der Waals surface area contributed by atoms with E-state index >= 15 is 0 Å². The summed E-state index contributed by atoms with van der Waals surface area (Å²) in [4.78, 5) is 64.8. The topological polar surface area (TPSA) is 143 Å². The molecule has 1 fully saturated rings. The van der Waals surface area contributed by atoms with Crippen molar-refractivity contribution >= 4 is 40.4 Å². The maximum atomic E-state index is 12.7. The first-order valence-corrected chi connectivity index (χ1v) is 13.1. The van der Waals surface area contributed by atoms with Gasteiger partial charge in [0.1, 0.15) is 6.54 Å². The molecule has 2 aromatic heterocycles. The molecule has 13 heteroatoms. The molecule has 3 aromatic rings. The van der Waals surface area contributed by atoms with E-state index in [-0.39, 0.29) is 19.0 Å². The molecule has 194 valence electrons. The number of amides is 2. The van der Waals surface area contributed by atoms with Gasteiger partial charge in [-0.1, -0.05) is 12.1 Å². The maximum Gasteiger partial charge on any atom is 0.329 e. The van der Waals surface area contributed by atoms with Crippen LogP contribution in [0.1, 0.15) is 11.3 Å². The molecule has 37 heavy (non-hydrogen) atoms. The van der Waals surface area contributed by atoms with E-state index in [9.17, 15) is 19.2 Å². The first-order chi connectivity index (χ1) is 17.9. The number of aromatic amines is 1. The summed E-state index contributed by atoms with van der Waals surface area (Å²) in [6, 6.07) is 7.62. The Labute approximate surface area is 216 Å².